The van der Waals surface area contributed by atoms with Crippen LogP contribution in [-0.4, -0.2) is 61.3 Å². The Balaban J connectivity index is 1.55. The van der Waals surface area contributed by atoms with Gasteiger partial charge in [0, 0.05) is 43.3 Å². The van der Waals surface area contributed by atoms with E-state index in [0.717, 1.165) is 56.8 Å². The van der Waals surface area contributed by atoms with Gasteiger partial charge in [-0.3, -0.25) is 9.89 Å². The Kier molecular flexibility index (Phi) is 7.28. The van der Waals surface area contributed by atoms with Crippen LogP contribution < -0.4 is 10.6 Å². The number of morpholine rings is 1. The molecule has 0 amide bonds. The third kappa shape index (κ3) is 4.96. The Morgan fingerprint density at radius 3 is 2.69 bits per heavy atom. The molecule has 1 saturated carbocycles. The van der Waals surface area contributed by atoms with Gasteiger partial charge in [0.25, 0.3) is 0 Å². The molecule has 0 aromatic carbocycles. The minimum Gasteiger partial charge on any atom is -0.379 e. The average Bonchev–Trinajstić information content (AvgIpc) is 3.18. The molecule has 0 unspecified atom stereocenters. The fourth-order valence-electron chi connectivity index (χ4n) is 4.07. The van der Waals surface area contributed by atoms with Crippen LogP contribution in [0.5, 0.6) is 0 Å². The molecule has 0 bridgehead atoms. The Morgan fingerprint density at radius 1 is 1.27 bits per heavy atom. The summed E-state index contributed by atoms with van der Waals surface area (Å²) >= 11 is 1.77. The number of aliphatic imine (C=N–C) groups is 1. The fraction of sp³-hybridized carbons (Fsp3) is 0.789. The number of hydrogen-bond acceptors (Lipinski definition) is 5. The third-order valence-corrected chi connectivity index (χ3v) is 6.77. The van der Waals surface area contributed by atoms with Gasteiger partial charge in [-0.05, 0) is 19.3 Å². The summed E-state index contributed by atoms with van der Waals surface area (Å²) in [5, 5.41) is 8.14. The zero-order chi connectivity index (χ0) is 18.2. The molecule has 0 spiro atoms. The average molecular weight is 380 g/mol. The van der Waals surface area contributed by atoms with Crippen molar-refractivity contribution in [2.75, 3.05) is 39.9 Å². The van der Waals surface area contributed by atoms with Crippen LogP contribution in [0.1, 0.15) is 48.9 Å². The Hall–Kier alpha value is -1.18. The number of ether oxygens (including phenoxy) is 1. The highest BCUT2D eigenvalue weighted by Crippen LogP contribution is 2.33. The Labute approximate surface area is 161 Å². The van der Waals surface area contributed by atoms with Crippen molar-refractivity contribution in [2.45, 2.75) is 57.5 Å². The summed E-state index contributed by atoms with van der Waals surface area (Å²) in [6, 6.07) is 0. The van der Waals surface area contributed by atoms with E-state index in [1.807, 2.05) is 13.2 Å². The normalized spacial score (nSPS) is 21.5. The van der Waals surface area contributed by atoms with Crippen molar-refractivity contribution in [3.63, 3.8) is 0 Å². The number of nitrogens with one attached hydrogen (secondary N) is 2. The van der Waals surface area contributed by atoms with Gasteiger partial charge in [-0.15, -0.1) is 11.3 Å². The second kappa shape index (κ2) is 9.67. The van der Waals surface area contributed by atoms with E-state index in [1.54, 1.807) is 11.3 Å². The smallest absolute Gasteiger partial charge is 0.191 e. The maximum absolute atomic E-state index is 5.58. The van der Waals surface area contributed by atoms with Gasteiger partial charge in [0.05, 0.1) is 19.8 Å². The quantitative estimate of drug-likeness (QED) is 0.587. The standard InChI is InChI=1S/C19H33N5OS/c1-3-16-13-21-17(26-16)14-22-18(20-2)23-15-19(7-5-4-6-8-19)24-9-11-25-12-10-24/h13H,3-12,14-15H2,1-2H3,(H2,20,22,23). The van der Waals surface area contributed by atoms with Gasteiger partial charge in [-0.2, -0.15) is 0 Å². The number of rotatable bonds is 6. The largest absolute Gasteiger partial charge is 0.379 e. The van der Waals surface area contributed by atoms with Crippen molar-refractivity contribution in [3.05, 3.63) is 16.1 Å². The van der Waals surface area contributed by atoms with Crippen LogP contribution in [0.25, 0.3) is 0 Å². The summed E-state index contributed by atoms with van der Waals surface area (Å²) in [6.45, 7) is 7.66. The summed E-state index contributed by atoms with van der Waals surface area (Å²) in [6.07, 6.45) is 9.57. The number of aryl methyl sites for hydroxylation is 1. The lowest BCUT2D eigenvalue weighted by atomic mass is 9.80. The van der Waals surface area contributed by atoms with Crippen LogP contribution in [0.2, 0.25) is 0 Å². The molecule has 1 aromatic rings. The molecule has 2 heterocycles. The zero-order valence-electron chi connectivity index (χ0n) is 16.2. The van der Waals surface area contributed by atoms with E-state index in [9.17, 15) is 0 Å². The van der Waals surface area contributed by atoms with E-state index in [2.05, 4.69) is 32.4 Å². The van der Waals surface area contributed by atoms with E-state index in [0.29, 0.717) is 0 Å². The Bertz CT molecular complexity index is 576. The summed E-state index contributed by atoms with van der Waals surface area (Å²) in [4.78, 5) is 12.9. The molecular formula is C19H33N5OS. The molecule has 3 rings (SSSR count). The monoisotopic (exact) mass is 379 g/mol. The van der Waals surface area contributed by atoms with Gasteiger partial charge in [0.2, 0.25) is 0 Å². The van der Waals surface area contributed by atoms with Crippen LogP contribution in [-0.2, 0) is 17.7 Å². The molecule has 7 heteroatoms. The molecule has 1 saturated heterocycles. The number of guanidine groups is 1. The van der Waals surface area contributed by atoms with Crippen LogP contribution in [0.4, 0.5) is 0 Å². The highest BCUT2D eigenvalue weighted by molar-refractivity contribution is 7.11. The first-order chi connectivity index (χ1) is 12.8. The van der Waals surface area contributed by atoms with Gasteiger partial charge in [0.1, 0.15) is 5.01 Å². The molecule has 1 aliphatic heterocycles. The van der Waals surface area contributed by atoms with Gasteiger partial charge < -0.3 is 15.4 Å². The topological polar surface area (TPSA) is 61.8 Å². The molecule has 0 radical (unpaired) electrons. The number of nitrogens with zero attached hydrogens (tertiary/aromatic N) is 3. The number of hydrogen-bond donors (Lipinski definition) is 2. The van der Waals surface area contributed by atoms with Gasteiger partial charge in [-0.25, -0.2) is 4.98 Å². The van der Waals surface area contributed by atoms with Crippen LogP contribution in [0, 0.1) is 0 Å². The van der Waals surface area contributed by atoms with Crippen molar-refractivity contribution < 1.29 is 4.74 Å². The summed E-state index contributed by atoms with van der Waals surface area (Å²) in [5.41, 5.74) is 0.246. The third-order valence-electron chi connectivity index (χ3n) is 5.63. The lowest BCUT2D eigenvalue weighted by molar-refractivity contribution is -0.0352. The lowest BCUT2D eigenvalue weighted by Gasteiger charge is -2.48. The Morgan fingerprint density at radius 2 is 2.04 bits per heavy atom. The minimum atomic E-state index is 0.246. The van der Waals surface area contributed by atoms with Gasteiger partial charge >= 0.3 is 0 Å². The van der Waals surface area contributed by atoms with Crippen molar-refractivity contribution in [1.82, 2.24) is 20.5 Å². The molecular weight excluding hydrogens is 346 g/mol. The molecule has 0 atom stereocenters. The number of aromatic nitrogens is 1. The van der Waals surface area contributed by atoms with E-state index in [-0.39, 0.29) is 5.54 Å². The summed E-state index contributed by atoms with van der Waals surface area (Å²) in [7, 11) is 1.84. The second-order valence-electron chi connectivity index (χ2n) is 7.24. The molecule has 2 N–H and O–H groups in total. The van der Waals surface area contributed by atoms with Gasteiger partial charge in [-0.1, -0.05) is 26.2 Å². The predicted molar refractivity (Wildman–Crippen MR) is 108 cm³/mol. The molecule has 26 heavy (non-hydrogen) atoms. The van der Waals surface area contributed by atoms with Crippen molar-refractivity contribution >= 4 is 17.3 Å². The molecule has 6 nitrogen and oxygen atoms in total. The van der Waals surface area contributed by atoms with Gasteiger partial charge in [0.15, 0.2) is 5.96 Å². The van der Waals surface area contributed by atoms with Crippen LogP contribution in [0.15, 0.2) is 11.2 Å². The first-order valence-electron chi connectivity index (χ1n) is 9.96. The molecule has 1 aliphatic carbocycles. The maximum atomic E-state index is 5.58. The highest BCUT2D eigenvalue weighted by Gasteiger charge is 2.38. The van der Waals surface area contributed by atoms with Crippen LogP contribution in [0.3, 0.4) is 0 Å². The van der Waals surface area contributed by atoms with E-state index in [1.165, 1.54) is 37.0 Å². The predicted octanol–water partition coefficient (Wildman–Crippen LogP) is 2.41. The second-order valence-corrected chi connectivity index (χ2v) is 8.44. The number of thiazole rings is 1. The van der Waals surface area contributed by atoms with E-state index in [4.69, 9.17) is 4.74 Å². The first-order valence-corrected chi connectivity index (χ1v) is 10.8. The minimum absolute atomic E-state index is 0.246. The maximum Gasteiger partial charge on any atom is 0.191 e. The van der Waals surface area contributed by atoms with Crippen molar-refractivity contribution in [1.29, 1.82) is 0 Å². The lowest BCUT2D eigenvalue weighted by Crippen LogP contribution is -2.60. The van der Waals surface area contributed by atoms with Crippen molar-refractivity contribution in [2.24, 2.45) is 4.99 Å². The molecule has 1 aromatic heterocycles. The molecule has 146 valence electrons. The fourth-order valence-corrected chi connectivity index (χ4v) is 4.88. The highest BCUT2D eigenvalue weighted by atomic mass is 32.1. The van der Waals surface area contributed by atoms with Crippen molar-refractivity contribution in [3.8, 4) is 0 Å². The zero-order valence-corrected chi connectivity index (χ0v) is 17.0. The molecule has 2 fully saturated rings. The molecule has 2 aliphatic rings. The SMILES string of the molecule is CCc1cnc(CNC(=NC)NCC2(N3CCOCC3)CCCCC2)s1. The first kappa shape index (κ1) is 19.6. The van der Waals surface area contributed by atoms with E-state index >= 15 is 0 Å². The van der Waals surface area contributed by atoms with E-state index < -0.39 is 0 Å². The van der Waals surface area contributed by atoms with Crippen LogP contribution >= 0.6 is 11.3 Å². The summed E-state index contributed by atoms with van der Waals surface area (Å²) < 4.78 is 5.58. The summed E-state index contributed by atoms with van der Waals surface area (Å²) in [5.74, 6) is 0.872.